The number of carbonyl (C=O) groups excluding carboxylic acids is 2. The topological polar surface area (TPSA) is 84.9 Å². The van der Waals surface area contributed by atoms with Crippen LogP contribution < -0.4 is 5.32 Å². The summed E-state index contributed by atoms with van der Waals surface area (Å²) >= 11 is 0. The standard InChI is InChI=1S/C13H19NO5/c1-3-19-12(17)9-10(15)13(14-11(9)16)6-4-8(18-2)5-7-13/h8,15H,3-7H2,1-2H3,(H,14,16). The SMILES string of the molecule is CCOC(=O)C1=C(O)C2(CCC(OC)CC2)NC1=O. The molecule has 0 aromatic carbocycles. The van der Waals surface area contributed by atoms with Gasteiger partial charge in [0.05, 0.1) is 18.2 Å². The van der Waals surface area contributed by atoms with E-state index in [1.54, 1.807) is 14.0 Å². The summed E-state index contributed by atoms with van der Waals surface area (Å²) in [5, 5.41) is 13.0. The van der Waals surface area contributed by atoms with Crippen LogP contribution in [0.2, 0.25) is 0 Å². The van der Waals surface area contributed by atoms with Gasteiger partial charge in [-0.25, -0.2) is 4.79 Å². The Balaban J connectivity index is 2.21. The van der Waals surface area contributed by atoms with Gasteiger partial charge in [-0.05, 0) is 32.6 Å². The highest BCUT2D eigenvalue weighted by Gasteiger charge is 2.49. The molecule has 1 heterocycles. The number of amides is 1. The summed E-state index contributed by atoms with van der Waals surface area (Å²) in [6, 6.07) is 0. The maximum atomic E-state index is 11.9. The van der Waals surface area contributed by atoms with Crippen LogP contribution in [0.1, 0.15) is 32.6 Å². The fourth-order valence-corrected chi connectivity index (χ4v) is 2.76. The summed E-state index contributed by atoms with van der Waals surface area (Å²) in [5.41, 5.74) is -1.06. The fourth-order valence-electron chi connectivity index (χ4n) is 2.76. The molecular weight excluding hydrogens is 250 g/mol. The minimum atomic E-state index is -0.811. The van der Waals surface area contributed by atoms with Gasteiger partial charge in [0.1, 0.15) is 5.76 Å². The van der Waals surface area contributed by atoms with Gasteiger partial charge in [0.2, 0.25) is 0 Å². The lowest BCUT2D eigenvalue weighted by Crippen LogP contribution is -2.48. The molecule has 1 fully saturated rings. The summed E-state index contributed by atoms with van der Waals surface area (Å²) in [6.45, 7) is 1.82. The highest BCUT2D eigenvalue weighted by atomic mass is 16.5. The molecule has 0 radical (unpaired) electrons. The molecule has 0 unspecified atom stereocenters. The van der Waals surface area contributed by atoms with Crippen molar-refractivity contribution in [3.8, 4) is 0 Å². The van der Waals surface area contributed by atoms with Gasteiger partial charge >= 0.3 is 5.97 Å². The predicted molar refractivity (Wildman–Crippen MR) is 66.4 cm³/mol. The van der Waals surface area contributed by atoms with Crippen molar-refractivity contribution < 1.29 is 24.2 Å². The quantitative estimate of drug-likeness (QED) is 0.585. The first-order chi connectivity index (χ1) is 9.04. The van der Waals surface area contributed by atoms with Crippen molar-refractivity contribution in [2.24, 2.45) is 0 Å². The van der Waals surface area contributed by atoms with Gasteiger partial charge in [0, 0.05) is 7.11 Å². The van der Waals surface area contributed by atoms with Crippen LogP contribution >= 0.6 is 0 Å². The van der Waals surface area contributed by atoms with Crippen molar-refractivity contribution in [2.45, 2.75) is 44.2 Å². The molecule has 0 saturated heterocycles. The normalized spacial score (nSPS) is 30.6. The van der Waals surface area contributed by atoms with Gasteiger partial charge in [-0.15, -0.1) is 0 Å². The molecule has 1 saturated carbocycles. The number of aliphatic hydroxyl groups excluding tert-OH is 1. The van der Waals surface area contributed by atoms with Crippen molar-refractivity contribution in [3.63, 3.8) is 0 Å². The van der Waals surface area contributed by atoms with E-state index < -0.39 is 17.4 Å². The number of esters is 1. The van der Waals surface area contributed by atoms with Crippen LogP contribution in [0.15, 0.2) is 11.3 Å². The summed E-state index contributed by atoms with van der Waals surface area (Å²) in [7, 11) is 1.65. The molecule has 6 heteroatoms. The second-order valence-electron chi connectivity index (χ2n) is 4.92. The maximum absolute atomic E-state index is 11.9. The Morgan fingerprint density at radius 3 is 2.63 bits per heavy atom. The molecule has 2 rings (SSSR count). The van der Waals surface area contributed by atoms with Crippen LogP contribution in [-0.4, -0.2) is 42.3 Å². The summed E-state index contributed by atoms with van der Waals surface area (Å²) < 4.78 is 10.1. The number of ether oxygens (including phenoxy) is 2. The first kappa shape index (κ1) is 13.9. The molecule has 1 amide bonds. The average Bonchev–Trinajstić information content (AvgIpc) is 2.62. The number of carbonyl (C=O) groups is 2. The first-order valence-corrected chi connectivity index (χ1v) is 6.50. The molecule has 19 heavy (non-hydrogen) atoms. The third-order valence-corrected chi connectivity index (χ3v) is 3.87. The minimum absolute atomic E-state index is 0.141. The van der Waals surface area contributed by atoms with Crippen molar-refractivity contribution in [3.05, 3.63) is 11.3 Å². The lowest BCUT2D eigenvalue weighted by molar-refractivity contribution is -0.140. The molecule has 1 aliphatic carbocycles. The van der Waals surface area contributed by atoms with Crippen molar-refractivity contribution in [1.82, 2.24) is 5.32 Å². The number of methoxy groups -OCH3 is 1. The molecule has 2 aliphatic rings. The van der Waals surface area contributed by atoms with Gasteiger partial charge in [0.15, 0.2) is 5.57 Å². The minimum Gasteiger partial charge on any atom is -0.509 e. The smallest absolute Gasteiger partial charge is 0.347 e. The number of hydrogen-bond acceptors (Lipinski definition) is 5. The molecule has 0 atom stereocenters. The zero-order valence-electron chi connectivity index (χ0n) is 11.2. The van der Waals surface area contributed by atoms with Gasteiger partial charge in [-0.3, -0.25) is 4.79 Å². The molecule has 1 spiro atoms. The molecular formula is C13H19NO5. The van der Waals surface area contributed by atoms with E-state index in [1.807, 2.05) is 0 Å². The molecule has 2 N–H and O–H groups in total. The Labute approximate surface area is 111 Å². The molecule has 0 aromatic rings. The number of nitrogens with one attached hydrogen (secondary N) is 1. The first-order valence-electron chi connectivity index (χ1n) is 6.50. The molecule has 0 aromatic heterocycles. The van der Waals surface area contributed by atoms with Crippen molar-refractivity contribution in [1.29, 1.82) is 0 Å². The Morgan fingerprint density at radius 1 is 1.47 bits per heavy atom. The van der Waals surface area contributed by atoms with E-state index in [2.05, 4.69) is 5.32 Å². The third kappa shape index (κ3) is 2.32. The molecule has 106 valence electrons. The number of rotatable bonds is 3. The Kier molecular flexibility index (Phi) is 3.80. The zero-order valence-corrected chi connectivity index (χ0v) is 11.2. The van der Waals surface area contributed by atoms with E-state index in [-0.39, 0.29) is 24.0 Å². The van der Waals surface area contributed by atoms with Crippen LogP contribution in [0, 0.1) is 0 Å². The Bertz CT molecular complexity index is 421. The Morgan fingerprint density at radius 2 is 2.11 bits per heavy atom. The van der Waals surface area contributed by atoms with Gasteiger partial charge in [-0.1, -0.05) is 0 Å². The van der Waals surface area contributed by atoms with Crippen molar-refractivity contribution >= 4 is 11.9 Å². The van der Waals surface area contributed by atoms with Crippen LogP contribution in [0.25, 0.3) is 0 Å². The highest BCUT2D eigenvalue weighted by molar-refractivity contribution is 6.19. The lowest BCUT2D eigenvalue weighted by atomic mass is 9.79. The monoisotopic (exact) mass is 269 g/mol. The van der Waals surface area contributed by atoms with Gasteiger partial charge in [0.25, 0.3) is 5.91 Å². The van der Waals surface area contributed by atoms with E-state index in [1.165, 1.54) is 0 Å². The summed E-state index contributed by atoms with van der Waals surface area (Å²) in [5.74, 6) is -1.49. The summed E-state index contributed by atoms with van der Waals surface area (Å²) in [6.07, 6.45) is 2.73. The zero-order chi connectivity index (χ0) is 14.0. The van der Waals surface area contributed by atoms with Crippen LogP contribution in [0.4, 0.5) is 0 Å². The van der Waals surface area contributed by atoms with Crippen LogP contribution in [0.3, 0.4) is 0 Å². The lowest BCUT2D eigenvalue weighted by Gasteiger charge is -2.36. The second kappa shape index (κ2) is 5.21. The van der Waals surface area contributed by atoms with E-state index in [0.29, 0.717) is 12.8 Å². The predicted octanol–water partition coefficient (Wildman–Crippen LogP) is 0.819. The number of hydrogen-bond donors (Lipinski definition) is 2. The molecule has 0 bridgehead atoms. The van der Waals surface area contributed by atoms with Crippen LogP contribution in [-0.2, 0) is 19.1 Å². The second-order valence-corrected chi connectivity index (χ2v) is 4.92. The molecule has 1 aliphatic heterocycles. The maximum Gasteiger partial charge on any atom is 0.347 e. The van der Waals surface area contributed by atoms with E-state index >= 15 is 0 Å². The third-order valence-electron chi connectivity index (χ3n) is 3.87. The highest BCUT2D eigenvalue weighted by Crippen LogP contribution is 2.39. The summed E-state index contributed by atoms with van der Waals surface area (Å²) in [4.78, 5) is 23.6. The van der Waals surface area contributed by atoms with Gasteiger partial charge in [-0.2, -0.15) is 0 Å². The van der Waals surface area contributed by atoms with Crippen LogP contribution in [0.5, 0.6) is 0 Å². The largest absolute Gasteiger partial charge is 0.509 e. The van der Waals surface area contributed by atoms with E-state index in [4.69, 9.17) is 9.47 Å². The van der Waals surface area contributed by atoms with Gasteiger partial charge < -0.3 is 19.9 Å². The average molecular weight is 269 g/mol. The fraction of sp³-hybridized carbons (Fsp3) is 0.692. The number of aliphatic hydroxyl groups is 1. The van der Waals surface area contributed by atoms with E-state index in [0.717, 1.165) is 12.8 Å². The molecule has 6 nitrogen and oxygen atoms in total. The van der Waals surface area contributed by atoms with E-state index in [9.17, 15) is 14.7 Å². The Hall–Kier alpha value is -1.56. The van der Waals surface area contributed by atoms with Crippen molar-refractivity contribution in [2.75, 3.05) is 13.7 Å².